The van der Waals surface area contributed by atoms with Gasteiger partial charge < -0.3 is 5.73 Å². The quantitative estimate of drug-likeness (QED) is 0.840. The summed E-state index contributed by atoms with van der Waals surface area (Å²) in [5.41, 5.74) is 7.60. The molecular weight excluding hydrogens is 256 g/mol. The summed E-state index contributed by atoms with van der Waals surface area (Å²) in [6.45, 7) is 1.83. The minimum absolute atomic E-state index is 0.173. The monoisotopic (exact) mass is 268 g/mol. The fourth-order valence-corrected chi connectivity index (χ4v) is 3.07. The van der Waals surface area contributed by atoms with E-state index in [9.17, 15) is 8.42 Å². The molecule has 90 valence electrons. The molecule has 0 amide bonds. The van der Waals surface area contributed by atoms with Crippen molar-refractivity contribution in [2.45, 2.75) is 11.8 Å². The first-order chi connectivity index (χ1) is 7.99. The average molecular weight is 268 g/mol. The van der Waals surface area contributed by atoms with Crippen LogP contribution in [0.1, 0.15) is 5.56 Å². The fourth-order valence-electron chi connectivity index (χ4n) is 1.32. The Morgan fingerprint density at radius 2 is 2.06 bits per heavy atom. The molecule has 2 aromatic rings. The molecule has 1 aromatic heterocycles. The molecule has 0 spiro atoms. The second kappa shape index (κ2) is 4.38. The molecule has 6 heteroatoms. The number of benzene rings is 1. The van der Waals surface area contributed by atoms with Crippen LogP contribution in [0, 0.1) is 6.92 Å². The number of hydrogen-bond acceptors (Lipinski definition) is 4. The molecule has 1 aromatic carbocycles. The molecule has 0 atom stereocenters. The van der Waals surface area contributed by atoms with E-state index in [-0.39, 0.29) is 4.90 Å². The molecule has 0 aliphatic rings. The summed E-state index contributed by atoms with van der Waals surface area (Å²) < 4.78 is 26.5. The van der Waals surface area contributed by atoms with Gasteiger partial charge in [0.1, 0.15) is 0 Å². The Morgan fingerprint density at radius 3 is 2.65 bits per heavy atom. The van der Waals surface area contributed by atoms with Crippen LogP contribution in [0.3, 0.4) is 0 Å². The minimum atomic E-state index is -3.55. The van der Waals surface area contributed by atoms with Gasteiger partial charge in [-0.25, -0.2) is 8.42 Å². The highest BCUT2D eigenvalue weighted by atomic mass is 32.2. The first-order valence-electron chi connectivity index (χ1n) is 4.90. The normalized spacial score (nSPS) is 11.4. The van der Waals surface area contributed by atoms with Gasteiger partial charge >= 0.3 is 0 Å². The van der Waals surface area contributed by atoms with E-state index < -0.39 is 10.0 Å². The van der Waals surface area contributed by atoms with Crippen LogP contribution in [-0.2, 0) is 10.0 Å². The molecule has 0 aliphatic carbocycles. The van der Waals surface area contributed by atoms with Gasteiger partial charge in [0.15, 0.2) is 0 Å². The van der Waals surface area contributed by atoms with Gasteiger partial charge in [-0.15, -0.1) is 0 Å². The van der Waals surface area contributed by atoms with Gasteiger partial charge in [-0.1, -0.05) is 6.07 Å². The standard InChI is InChI=1S/C11H12N2O2S2/c1-8-2-3-10(6-11(8)12)17(14,15)13-9-4-5-16-7-9/h2-7,13H,12H2,1H3. The van der Waals surface area contributed by atoms with E-state index in [1.807, 2.05) is 6.92 Å². The van der Waals surface area contributed by atoms with Crippen LogP contribution in [0.25, 0.3) is 0 Å². The maximum atomic E-state index is 12.0. The Bertz CT molecular complexity index is 619. The molecule has 3 N–H and O–H groups in total. The Morgan fingerprint density at radius 1 is 1.29 bits per heavy atom. The molecular formula is C11H12N2O2S2. The van der Waals surface area contributed by atoms with Gasteiger partial charge in [0, 0.05) is 11.1 Å². The molecule has 17 heavy (non-hydrogen) atoms. The van der Waals surface area contributed by atoms with E-state index in [1.54, 1.807) is 29.0 Å². The van der Waals surface area contributed by atoms with Crippen molar-refractivity contribution in [1.82, 2.24) is 0 Å². The summed E-state index contributed by atoms with van der Waals surface area (Å²) in [4.78, 5) is 0.173. The Kier molecular flexibility index (Phi) is 3.08. The van der Waals surface area contributed by atoms with Crippen molar-refractivity contribution in [1.29, 1.82) is 0 Å². The highest BCUT2D eigenvalue weighted by Crippen LogP contribution is 2.21. The van der Waals surface area contributed by atoms with E-state index in [0.717, 1.165) is 5.56 Å². The van der Waals surface area contributed by atoms with Gasteiger partial charge in [-0.3, -0.25) is 4.72 Å². The lowest BCUT2D eigenvalue weighted by Gasteiger charge is -2.08. The van der Waals surface area contributed by atoms with Gasteiger partial charge in [-0.05, 0) is 36.1 Å². The van der Waals surface area contributed by atoms with Gasteiger partial charge in [0.2, 0.25) is 0 Å². The third kappa shape index (κ3) is 2.59. The summed E-state index contributed by atoms with van der Waals surface area (Å²) in [6.07, 6.45) is 0. The lowest BCUT2D eigenvalue weighted by Crippen LogP contribution is -2.12. The second-order valence-corrected chi connectivity index (χ2v) is 6.10. The fraction of sp³-hybridized carbons (Fsp3) is 0.0909. The summed E-state index contributed by atoms with van der Waals surface area (Å²) in [6, 6.07) is 6.40. The smallest absolute Gasteiger partial charge is 0.261 e. The number of hydrogen-bond donors (Lipinski definition) is 2. The molecule has 0 aliphatic heterocycles. The molecule has 2 rings (SSSR count). The first-order valence-corrected chi connectivity index (χ1v) is 7.33. The van der Waals surface area contributed by atoms with Gasteiger partial charge in [0.05, 0.1) is 10.6 Å². The highest BCUT2D eigenvalue weighted by Gasteiger charge is 2.14. The molecule has 1 heterocycles. The van der Waals surface area contributed by atoms with Crippen molar-refractivity contribution < 1.29 is 8.42 Å². The van der Waals surface area contributed by atoms with Crippen LogP contribution in [0.4, 0.5) is 11.4 Å². The molecule has 0 unspecified atom stereocenters. The summed E-state index contributed by atoms with van der Waals surface area (Å²) in [7, 11) is -3.55. The van der Waals surface area contributed by atoms with Crippen molar-refractivity contribution >= 4 is 32.7 Å². The van der Waals surface area contributed by atoms with Crippen LogP contribution >= 0.6 is 11.3 Å². The first kappa shape index (κ1) is 11.9. The summed E-state index contributed by atoms with van der Waals surface area (Å²) >= 11 is 1.43. The maximum Gasteiger partial charge on any atom is 0.261 e. The van der Waals surface area contributed by atoms with Crippen LogP contribution in [0.5, 0.6) is 0 Å². The third-order valence-corrected chi connectivity index (χ3v) is 4.40. The van der Waals surface area contributed by atoms with Crippen LogP contribution in [-0.4, -0.2) is 8.42 Å². The maximum absolute atomic E-state index is 12.0. The second-order valence-electron chi connectivity index (χ2n) is 3.64. The average Bonchev–Trinajstić information content (AvgIpc) is 2.73. The minimum Gasteiger partial charge on any atom is -0.398 e. The zero-order valence-electron chi connectivity index (χ0n) is 9.17. The number of anilines is 2. The predicted molar refractivity (Wildman–Crippen MR) is 70.7 cm³/mol. The van der Waals surface area contributed by atoms with E-state index in [4.69, 9.17) is 5.73 Å². The lowest BCUT2D eigenvalue weighted by molar-refractivity contribution is 0.601. The Hall–Kier alpha value is -1.53. The van der Waals surface area contributed by atoms with Crippen LogP contribution in [0.2, 0.25) is 0 Å². The molecule has 0 saturated carbocycles. The Balaban J connectivity index is 2.35. The van der Waals surface area contributed by atoms with E-state index >= 15 is 0 Å². The van der Waals surface area contributed by atoms with Crippen LogP contribution < -0.4 is 10.5 Å². The number of thiophene rings is 1. The van der Waals surface area contributed by atoms with Gasteiger partial charge in [-0.2, -0.15) is 11.3 Å². The van der Waals surface area contributed by atoms with Crippen molar-refractivity contribution in [3.05, 3.63) is 40.6 Å². The largest absolute Gasteiger partial charge is 0.398 e. The van der Waals surface area contributed by atoms with E-state index in [0.29, 0.717) is 11.4 Å². The van der Waals surface area contributed by atoms with Crippen molar-refractivity contribution in [2.75, 3.05) is 10.5 Å². The molecule has 0 bridgehead atoms. The summed E-state index contributed by atoms with van der Waals surface area (Å²) in [5.74, 6) is 0. The zero-order chi connectivity index (χ0) is 12.5. The molecule has 0 saturated heterocycles. The topological polar surface area (TPSA) is 72.2 Å². The SMILES string of the molecule is Cc1ccc(S(=O)(=O)Nc2ccsc2)cc1N. The number of aryl methyl sites for hydroxylation is 1. The van der Waals surface area contributed by atoms with Gasteiger partial charge in [0.25, 0.3) is 10.0 Å². The molecule has 0 fully saturated rings. The zero-order valence-corrected chi connectivity index (χ0v) is 10.8. The summed E-state index contributed by atoms with van der Waals surface area (Å²) in [5, 5.41) is 3.54. The Labute approximate surface area is 104 Å². The number of sulfonamides is 1. The number of nitrogens with two attached hydrogens (primary N) is 1. The van der Waals surface area contributed by atoms with Crippen molar-refractivity contribution in [2.24, 2.45) is 0 Å². The number of nitrogens with one attached hydrogen (secondary N) is 1. The van der Waals surface area contributed by atoms with Crippen LogP contribution in [0.15, 0.2) is 39.9 Å². The lowest BCUT2D eigenvalue weighted by atomic mass is 10.2. The highest BCUT2D eigenvalue weighted by molar-refractivity contribution is 7.92. The molecule has 4 nitrogen and oxygen atoms in total. The number of rotatable bonds is 3. The van der Waals surface area contributed by atoms with Crippen molar-refractivity contribution in [3.8, 4) is 0 Å². The number of nitrogen functional groups attached to an aromatic ring is 1. The van der Waals surface area contributed by atoms with E-state index in [2.05, 4.69) is 4.72 Å². The third-order valence-electron chi connectivity index (χ3n) is 2.33. The predicted octanol–water partition coefficient (Wildman–Crippen LogP) is 2.44. The molecule has 0 radical (unpaired) electrons. The van der Waals surface area contributed by atoms with E-state index in [1.165, 1.54) is 17.4 Å². The van der Waals surface area contributed by atoms with Crippen molar-refractivity contribution in [3.63, 3.8) is 0 Å².